The highest BCUT2D eigenvalue weighted by Crippen LogP contribution is 2.53. The van der Waals surface area contributed by atoms with Crippen molar-refractivity contribution in [3.8, 4) is 0 Å². The Balaban J connectivity index is 1.51. The smallest absolute Gasteiger partial charge is 0.150 e. The largest absolute Gasteiger partial charge is 0.312 e. The predicted molar refractivity (Wildman–Crippen MR) is 71.7 cm³/mol. The van der Waals surface area contributed by atoms with Crippen LogP contribution in [0.2, 0.25) is 0 Å². The number of nitrogens with one attached hydrogen (secondary N) is 1. The first-order chi connectivity index (χ1) is 9.40. The molecule has 2 bridgehead atoms. The van der Waals surface area contributed by atoms with E-state index in [1.807, 2.05) is 0 Å². The topological polar surface area (TPSA) is 42.7 Å². The molecule has 1 aliphatic heterocycles. The Morgan fingerprint density at radius 1 is 0.947 bits per heavy atom. The number of aromatic nitrogens is 3. The number of hydrogen-bond acceptors (Lipinski definition) is 3. The zero-order valence-electron chi connectivity index (χ0n) is 11.4. The summed E-state index contributed by atoms with van der Waals surface area (Å²) in [6.45, 7) is 2.18. The average Bonchev–Trinajstić information content (AvgIpc) is 2.87. The lowest BCUT2D eigenvalue weighted by Crippen LogP contribution is -2.36. The third-order valence-corrected chi connectivity index (χ3v) is 5.95. The summed E-state index contributed by atoms with van der Waals surface area (Å²) in [5, 5.41) is 12.9. The van der Waals surface area contributed by atoms with Crippen LogP contribution in [0.5, 0.6) is 0 Å². The first-order valence-electron chi connectivity index (χ1n) is 8.06. The Bertz CT molecular complexity index is 504. The molecule has 19 heavy (non-hydrogen) atoms. The van der Waals surface area contributed by atoms with Gasteiger partial charge in [-0.05, 0) is 49.9 Å². The van der Waals surface area contributed by atoms with E-state index in [1.54, 1.807) is 0 Å². The van der Waals surface area contributed by atoms with Gasteiger partial charge in [0.05, 0.1) is 6.04 Å². The summed E-state index contributed by atoms with van der Waals surface area (Å²) < 4.78 is 2.48. The fourth-order valence-electron chi connectivity index (χ4n) is 4.85. The summed E-state index contributed by atoms with van der Waals surface area (Å²) in [5.74, 6) is 6.02. The summed E-state index contributed by atoms with van der Waals surface area (Å²) in [6, 6.07) is 0.494. The van der Waals surface area contributed by atoms with Crippen molar-refractivity contribution in [3.63, 3.8) is 0 Å². The van der Waals surface area contributed by atoms with E-state index >= 15 is 0 Å². The Kier molecular flexibility index (Phi) is 2.17. The van der Waals surface area contributed by atoms with Crippen molar-refractivity contribution >= 4 is 0 Å². The van der Waals surface area contributed by atoms with Crippen LogP contribution in [0.15, 0.2) is 0 Å². The number of rotatable bonds is 2. The van der Waals surface area contributed by atoms with E-state index in [4.69, 9.17) is 0 Å². The van der Waals surface area contributed by atoms with Crippen molar-refractivity contribution < 1.29 is 0 Å². The third kappa shape index (κ3) is 1.55. The van der Waals surface area contributed by atoms with Gasteiger partial charge in [-0.3, -0.25) is 0 Å². The first kappa shape index (κ1) is 10.8. The Morgan fingerprint density at radius 3 is 2.53 bits per heavy atom. The molecule has 0 aromatic carbocycles. The van der Waals surface area contributed by atoms with Crippen LogP contribution in [-0.2, 0) is 6.54 Å². The molecule has 3 fully saturated rings. The molecule has 1 aromatic rings. The lowest BCUT2D eigenvalue weighted by Gasteiger charge is -2.27. The number of nitrogens with zero attached hydrogens (tertiary/aromatic N) is 3. The van der Waals surface area contributed by atoms with Gasteiger partial charge in [0.15, 0.2) is 5.82 Å². The van der Waals surface area contributed by atoms with Crippen molar-refractivity contribution in [2.75, 3.05) is 6.54 Å². The Labute approximate surface area is 114 Å². The number of fused-ring (bicyclic) bond motifs is 3. The molecule has 4 nitrogen and oxygen atoms in total. The quantitative estimate of drug-likeness (QED) is 0.884. The number of hydrogen-bond donors (Lipinski definition) is 1. The maximum Gasteiger partial charge on any atom is 0.150 e. The van der Waals surface area contributed by atoms with Crippen molar-refractivity contribution in [2.24, 2.45) is 17.8 Å². The molecule has 1 N–H and O–H groups in total. The minimum atomic E-state index is 0.494. The van der Waals surface area contributed by atoms with Gasteiger partial charge >= 0.3 is 0 Å². The van der Waals surface area contributed by atoms with Crippen molar-refractivity contribution in [1.82, 2.24) is 20.1 Å². The van der Waals surface area contributed by atoms with Gasteiger partial charge in [-0.1, -0.05) is 6.42 Å². The second kappa shape index (κ2) is 3.81. The fourth-order valence-corrected chi connectivity index (χ4v) is 4.85. The second-order valence-electron chi connectivity index (χ2n) is 7.12. The molecule has 0 amide bonds. The summed E-state index contributed by atoms with van der Waals surface area (Å²) in [6.07, 6.45) is 8.47. The van der Waals surface area contributed by atoms with Crippen LogP contribution < -0.4 is 5.32 Å². The molecule has 0 radical (unpaired) electrons. The van der Waals surface area contributed by atoms with Gasteiger partial charge in [0.1, 0.15) is 5.82 Å². The molecule has 4 unspecified atom stereocenters. The van der Waals surface area contributed by atoms with Gasteiger partial charge in [0.25, 0.3) is 0 Å². The van der Waals surface area contributed by atoms with Gasteiger partial charge in [-0.15, -0.1) is 10.2 Å². The van der Waals surface area contributed by atoms with Crippen LogP contribution in [0.3, 0.4) is 0 Å². The van der Waals surface area contributed by atoms with Gasteiger partial charge in [-0.2, -0.15) is 0 Å². The molecule has 4 atom stereocenters. The highest BCUT2D eigenvalue weighted by molar-refractivity contribution is 5.14. The zero-order chi connectivity index (χ0) is 12.4. The van der Waals surface area contributed by atoms with Crippen LogP contribution >= 0.6 is 0 Å². The van der Waals surface area contributed by atoms with Crippen LogP contribution in [0.1, 0.15) is 62.1 Å². The predicted octanol–water partition coefficient (Wildman–Crippen LogP) is 2.24. The highest BCUT2D eigenvalue weighted by atomic mass is 15.3. The van der Waals surface area contributed by atoms with E-state index < -0.39 is 0 Å². The average molecular weight is 258 g/mol. The van der Waals surface area contributed by atoms with Crippen LogP contribution in [0.25, 0.3) is 0 Å². The summed E-state index contributed by atoms with van der Waals surface area (Å²) in [4.78, 5) is 0. The molecule has 5 rings (SSSR count). The maximum absolute atomic E-state index is 4.63. The maximum atomic E-state index is 4.63. The highest BCUT2D eigenvalue weighted by Gasteiger charge is 2.44. The van der Waals surface area contributed by atoms with Gasteiger partial charge in [0, 0.05) is 19.0 Å². The van der Waals surface area contributed by atoms with Crippen molar-refractivity contribution in [2.45, 2.75) is 57.0 Å². The molecule has 3 saturated carbocycles. The van der Waals surface area contributed by atoms with E-state index in [-0.39, 0.29) is 0 Å². The van der Waals surface area contributed by atoms with Crippen molar-refractivity contribution in [1.29, 1.82) is 0 Å². The van der Waals surface area contributed by atoms with E-state index in [0.29, 0.717) is 6.04 Å². The normalized spacial score (nSPS) is 40.6. The third-order valence-electron chi connectivity index (χ3n) is 5.95. The fraction of sp³-hybridized carbons (Fsp3) is 0.867. The molecule has 4 heteroatoms. The second-order valence-corrected chi connectivity index (χ2v) is 7.12. The molecule has 3 aliphatic carbocycles. The Morgan fingerprint density at radius 2 is 1.79 bits per heavy atom. The monoisotopic (exact) mass is 258 g/mol. The minimum absolute atomic E-state index is 0.494. The van der Waals surface area contributed by atoms with E-state index in [9.17, 15) is 0 Å². The first-order valence-corrected chi connectivity index (χ1v) is 8.06. The SMILES string of the molecule is C1Cn2c(C3CC4CCC3C4)nnc2C(C2CC2)N1. The Hall–Kier alpha value is -0.900. The van der Waals surface area contributed by atoms with E-state index in [0.717, 1.165) is 36.8 Å². The summed E-state index contributed by atoms with van der Waals surface area (Å²) >= 11 is 0. The molecular formula is C15H22N4. The standard InChI is InChI=1S/C15H22N4/c1-2-11-7-9(1)8-12(11)14-17-18-15-13(10-3-4-10)16-5-6-19(14)15/h9-13,16H,1-8H2. The van der Waals surface area contributed by atoms with Crippen LogP contribution in [-0.4, -0.2) is 21.3 Å². The summed E-state index contributed by atoms with van der Waals surface area (Å²) in [5.41, 5.74) is 0. The van der Waals surface area contributed by atoms with Crippen LogP contribution in [0.4, 0.5) is 0 Å². The minimum Gasteiger partial charge on any atom is -0.312 e. The van der Waals surface area contributed by atoms with Gasteiger partial charge in [0.2, 0.25) is 0 Å². The van der Waals surface area contributed by atoms with Crippen LogP contribution in [0, 0.1) is 17.8 Å². The molecular weight excluding hydrogens is 236 g/mol. The molecule has 1 aromatic heterocycles. The lowest BCUT2D eigenvalue weighted by atomic mass is 9.88. The van der Waals surface area contributed by atoms with Gasteiger partial charge < -0.3 is 9.88 Å². The molecule has 4 aliphatic rings. The van der Waals surface area contributed by atoms with Crippen molar-refractivity contribution in [3.05, 3.63) is 11.6 Å². The van der Waals surface area contributed by atoms with E-state index in [2.05, 4.69) is 20.1 Å². The molecule has 102 valence electrons. The summed E-state index contributed by atoms with van der Waals surface area (Å²) in [7, 11) is 0. The van der Waals surface area contributed by atoms with E-state index in [1.165, 1.54) is 50.2 Å². The lowest BCUT2D eigenvalue weighted by molar-refractivity contribution is 0.352. The van der Waals surface area contributed by atoms with Gasteiger partial charge in [-0.25, -0.2) is 0 Å². The molecule has 0 spiro atoms. The molecule has 2 heterocycles. The molecule has 0 saturated heterocycles. The zero-order valence-corrected chi connectivity index (χ0v) is 11.4.